The van der Waals surface area contributed by atoms with E-state index in [0.717, 1.165) is 27.0 Å². The maximum atomic E-state index is 12.6. The smallest absolute Gasteiger partial charge is 0.266 e. The number of amides is 1. The molecule has 0 aliphatic carbocycles. The van der Waals surface area contributed by atoms with Gasteiger partial charge in [-0.1, -0.05) is 73.3 Å². The molecule has 0 aliphatic heterocycles. The van der Waals surface area contributed by atoms with Gasteiger partial charge in [-0.05, 0) is 55.0 Å². The first kappa shape index (κ1) is 22.3. The second-order valence-corrected chi connectivity index (χ2v) is 9.73. The minimum absolute atomic E-state index is 0.238. The predicted molar refractivity (Wildman–Crippen MR) is 125 cm³/mol. The van der Waals surface area contributed by atoms with Gasteiger partial charge in [0.15, 0.2) is 10.4 Å². The lowest BCUT2D eigenvalue weighted by Gasteiger charge is -2.18. The topological polar surface area (TPSA) is 64.1 Å². The largest absolute Gasteiger partial charge is 0.481 e. The molecule has 1 aromatic heterocycles. The molecule has 30 heavy (non-hydrogen) atoms. The van der Waals surface area contributed by atoms with Crippen LogP contribution in [0.5, 0.6) is 5.75 Å². The number of thioether (sulfide) groups is 1. The van der Waals surface area contributed by atoms with Crippen LogP contribution in [0.4, 0.5) is 5.13 Å². The number of nitrogens with zero attached hydrogens (tertiary/aromatic N) is 2. The van der Waals surface area contributed by atoms with Crippen LogP contribution >= 0.6 is 23.1 Å². The van der Waals surface area contributed by atoms with Gasteiger partial charge >= 0.3 is 0 Å². The van der Waals surface area contributed by atoms with Crippen molar-refractivity contribution < 1.29 is 9.53 Å². The number of anilines is 1. The number of aryl methyl sites for hydroxylation is 2. The van der Waals surface area contributed by atoms with Crippen molar-refractivity contribution >= 4 is 34.1 Å². The highest BCUT2D eigenvalue weighted by Gasteiger charge is 2.19. The Balaban J connectivity index is 1.59. The molecule has 1 heterocycles. The van der Waals surface area contributed by atoms with Gasteiger partial charge in [-0.3, -0.25) is 10.1 Å². The Kier molecular flexibility index (Phi) is 7.50. The van der Waals surface area contributed by atoms with Crippen LogP contribution in [-0.4, -0.2) is 22.2 Å². The van der Waals surface area contributed by atoms with Gasteiger partial charge in [0.05, 0.1) is 0 Å². The Morgan fingerprint density at radius 1 is 1.13 bits per heavy atom. The molecule has 2 aromatic carbocycles. The third kappa shape index (κ3) is 5.83. The van der Waals surface area contributed by atoms with E-state index in [4.69, 9.17) is 4.74 Å². The fourth-order valence-electron chi connectivity index (χ4n) is 2.90. The number of benzene rings is 2. The van der Waals surface area contributed by atoms with Gasteiger partial charge in [-0.2, -0.15) is 0 Å². The van der Waals surface area contributed by atoms with Crippen molar-refractivity contribution in [2.45, 2.75) is 56.7 Å². The number of carbonyl (C=O) groups excluding carboxylic acids is 1. The molecule has 0 radical (unpaired) electrons. The summed E-state index contributed by atoms with van der Waals surface area (Å²) in [5, 5.41) is 11.6. The van der Waals surface area contributed by atoms with Crippen molar-refractivity contribution in [2.24, 2.45) is 0 Å². The second-order valence-electron chi connectivity index (χ2n) is 7.53. The van der Waals surface area contributed by atoms with Gasteiger partial charge in [0, 0.05) is 5.75 Å². The number of aromatic nitrogens is 2. The Morgan fingerprint density at radius 3 is 2.63 bits per heavy atom. The van der Waals surface area contributed by atoms with Gasteiger partial charge in [0.1, 0.15) is 5.75 Å². The van der Waals surface area contributed by atoms with E-state index in [-0.39, 0.29) is 5.91 Å². The molecule has 0 bridgehead atoms. The summed E-state index contributed by atoms with van der Waals surface area (Å²) in [5.74, 6) is 1.64. The van der Waals surface area contributed by atoms with Crippen LogP contribution < -0.4 is 10.1 Å². The number of carbonyl (C=O) groups is 1. The average Bonchev–Trinajstić information content (AvgIpc) is 3.14. The maximum Gasteiger partial charge on any atom is 0.266 e. The highest BCUT2D eigenvalue weighted by atomic mass is 32.2. The minimum atomic E-state index is -0.642. The fourth-order valence-corrected chi connectivity index (χ4v) is 4.73. The quantitative estimate of drug-likeness (QED) is 0.344. The van der Waals surface area contributed by atoms with Crippen molar-refractivity contribution in [3.8, 4) is 5.75 Å². The average molecular weight is 442 g/mol. The molecular formula is C23H27N3O2S2. The van der Waals surface area contributed by atoms with Crippen molar-refractivity contribution in [1.82, 2.24) is 10.2 Å². The molecule has 3 aromatic rings. The van der Waals surface area contributed by atoms with Gasteiger partial charge in [-0.25, -0.2) is 0 Å². The Bertz CT molecular complexity index is 1020. The lowest BCUT2D eigenvalue weighted by molar-refractivity contribution is -0.122. The van der Waals surface area contributed by atoms with Crippen LogP contribution in [0.1, 0.15) is 48.9 Å². The standard InChI is InChI=1S/C23H27N3O2S2/c1-14(2)19-11-10-15(3)12-20(19)28-17(5)21(27)24-22-25-26-23(30-22)29-13-18-9-7-6-8-16(18)4/h6-12,14,17H,13H2,1-5H3,(H,24,25,27)/t17-/m0/s1. The van der Waals surface area contributed by atoms with Gasteiger partial charge < -0.3 is 4.74 Å². The number of hydrogen-bond acceptors (Lipinski definition) is 6. The van der Waals surface area contributed by atoms with E-state index in [9.17, 15) is 4.79 Å². The summed E-state index contributed by atoms with van der Waals surface area (Å²) in [5.41, 5.74) is 4.71. The van der Waals surface area contributed by atoms with E-state index >= 15 is 0 Å². The third-order valence-electron chi connectivity index (χ3n) is 4.71. The van der Waals surface area contributed by atoms with Crippen molar-refractivity contribution in [1.29, 1.82) is 0 Å². The molecule has 0 saturated heterocycles. The highest BCUT2D eigenvalue weighted by molar-refractivity contribution is 8.00. The summed E-state index contributed by atoms with van der Waals surface area (Å²) in [6, 6.07) is 14.4. The first-order chi connectivity index (χ1) is 14.3. The molecule has 0 fully saturated rings. The summed E-state index contributed by atoms with van der Waals surface area (Å²) in [7, 11) is 0. The van der Waals surface area contributed by atoms with E-state index in [2.05, 4.69) is 60.6 Å². The summed E-state index contributed by atoms with van der Waals surface area (Å²) in [6.45, 7) is 10.1. The van der Waals surface area contributed by atoms with Crippen LogP contribution in [0.2, 0.25) is 0 Å². The SMILES string of the molecule is Cc1ccc(C(C)C)c(O[C@@H](C)C(=O)Nc2nnc(SCc3ccccc3C)s2)c1. The van der Waals surface area contributed by atoms with Crippen molar-refractivity contribution in [3.63, 3.8) is 0 Å². The van der Waals surface area contributed by atoms with Crippen LogP contribution in [0.15, 0.2) is 46.8 Å². The first-order valence-corrected chi connectivity index (χ1v) is 11.7. The number of nitrogens with one attached hydrogen (secondary N) is 1. The highest BCUT2D eigenvalue weighted by Crippen LogP contribution is 2.30. The van der Waals surface area contributed by atoms with E-state index in [0.29, 0.717) is 11.0 Å². The van der Waals surface area contributed by atoms with E-state index in [1.54, 1.807) is 18.7 Å². The Morgan fingerprint density at radius 2 is 1.90 bits per heavy atom. The summed E-state index contributed by atoms with van der Waals surface area (Å²) in [4.78, 5) is 12.6. The minimum Gasteiger partial charge on any atom is -0.481 e. The third-order valence-corrected chi connectivity index (χ3v) is 6.73. The van der Waals surface area contributed by atoms with Gasteiger partial charge in [0.25, 0.3) is 5.91 Å². The van der Waals surface area contributed by atoms with E-state index in [1.807, 2.05) is 25.1 Å². The molecule has 3 rings (SSSR count). The lowest BCUT2D eigenvalue weighted by Crippen LogP contribution is -2.30. The Labute approximate surface area is 186 Å². The zero-order chi connectivity index (χ0) is 21.7. The zero-order valence-corrected chi connectivity index (χ0v) is 19.6. The molecule has 1 atom stereocenters. The zero-order valence-electron chi connectivity index (χ0n) is 17.9. The molecule has 5 nitrogen and oxygen atoms in total. The molecule has 7 heteroatoms. The normalized spacial score (nSPS) is 12.1. The van der Waals surface area contributed by atoms with Crippen LogP contribution in [0, 0.1) is 13.8 Å². The van der Waals surface area contributed by atoms with Crippen LogP contribution in [0.3, 0.4) is 0 Å². The summed E-state index contributed by atoms with van der Waals surface area (Å²) in [6.07, 6.45) is -0.642. The molecular weight excluding hydrogens is 414 g/mol. The lowest BCUT2D eigenvalue weighted by atomic mass is 10.0. The van der Waals surface area contributed by atoms with Crippen molar-refractivity contribution in [3.05, 3.63) is 64.7 Å². The summed E-state index contributed by atoms with van der Waals surface area (Å²) >= 11 is 2.99. The van der Waals surface area contributed by atoms with E-state index < -0.39 is 6.10 Å². The van der Waals surface area contributed by atoms with Crippen LogP contribution in [-0.2, 0) is 10.5 Å². The Hall–Kier alpha value is -2.38. The number of rotatable bonds is 8. The molecule has 0 saturated carbocycles. The number of hydrogen-bond donors (Lipinski definition) is 1. The number of ether oxygens (including phenoxy) is 1. The fraction of sp³-hybridized carbons (Fsp3) is 0.348. The predicted octanol–water partition coefficient (Wildman–Crippen LogP) is 5.98. The van der Waals surface area contributed by atoms with Gasteiger partial charge in [0.2, 0.25) is 5.13 Å². The van der Waals surface area contributed by atoms with Crippen molar-refractivity contribution in [2.75, 3.05) is 5.32 Å². The van der Waals surface area contributed by atoms with E-state index in [1.165, 1.54) is 22.5 Å². The molecule has 0 unspecified atom stereocenters. The molecule has 0 spiro atoms. The van der Waals surface area contributed by atoms with Crippen LogP contribution in [0.25, 0.3) is 0 Å². The first-order valence-electron chi connectivity index (χ1n) is 9.92. The molecule has 0 aliphatic rings. The molecule has 1 N–H and O–H groups in total. The molecule has 1 amide bonds. The maximum absolute atomic E-state index is 12.6. The second kappa shape index (κ2) is 10.1. The van der Waals surface area contributed by atoms with Gasteiger partial charge in [-0.15, -0.1) is 10.2 Å². The molecule has 158 valence electrons. The summed E-state index contributed by atoms with van der Waals surface area (Å²) < 4.78 is 6.81. The monoisotopic (exact) mass is 441 g/mol.